The summed E-state index contributed by atoms with van der Waals surface area (Å²) in [5.74, 6) is 0. The van der Waals surface area contributed by atoms with Crippen molar-refractivity contribution in [2.75, 3.05) is 4.90 Å². The fraction of sp³-hybridized carbons (Fsp3) is 0. The molecule has 0 unspecified atom stereocenters. The van der Waals surface area contributed by atoms with Gasteiger partial charge in [-0.2, -0.15) is 0 Å². The Morgan fingerprint density at radius 2 is 0.706 bits per heavy atom. The number of aromatic nitrogens is 1. The van der Waals surface area contributed by atoms with E-state index in [1.54, 1.807) is 0 Å². The maximum Gasteiger partial charge on any atom is 0.0562 e. The Kier molecular flexibility index (Phi) is 9.54. The molecule has 0 aliphatic heterocycles. The van der Waals surface area contributed by atoms with Crippen LogP contribution in [0.1, 0.15) is 0 Å². The first-order chi connectivity index (χ1) is 33.7. The smallest absolute Gasteiger partial charge is 0.0562 e. The molecular formula is C66H44N2. The van der Waals surface area contributed by atoms with Crippen LogP contribution >= 0.6 is 0 Å². The van der Waals surface area contributed by atoms with Crippen molar-refractivity contribution in [2.45, 2.75) is 0 Å². The Morgan fingerprint density at radius 1 is 0.235 bits per heavy atom. The van der Waals surface area contributed by atoms with Gasteiger partial charge in [0, 0.05) is 33.2 Å². The van der Waals surface area contributed by atoms with Crippen LogP contribution in [0.5, 0.6) is 0 Å². The maximum absolute atomic E-state index is 2.45. The number of fused-ring (bicyclic) bond motifs is 7. The van der Waals surface area contributed by atoms with Gasteiger partial charge in [0.1, 0.15) is 0 Å². The number of nitrogens with zero attached hydrogens (tertiary/aromatic N) is 2. The van der Waals surface area contributed by atoms with Crippen molar-refractivity contribution in [1.82, 2.24) is 4.57 Å². The van der Waals surface area contributed by atoms with Gasteiger partial charge in [0.15, 0.2) is 0 Å². The molecule has 0 fully saturated rings. The lowest BCUT2D eigenvalue weighted by Gasteiger charge is -2.27. The average molecular weight is 865 g/mol. The van der Waals surface area contributed by atoms with Gasteiger partial charge in [0.05, 0.1) is 16.7 Å². The molecule has 13 aromatic rings. The summed E-state index contributed by atoms with van der Waals surface area (Å²) in [6.07, 6.45) is 0. The molecule has 0 spiro atoms. The van der Waals surface area contributed by atoms with Crippen LogP contribution in [0.15, 0.2) is 267 Å². The van der Waals surface area contributed by atoms with Crippen molar-refractivity contribution in [3.05, 3.63) is 267 Å². The lowest BCUT2D eigenvalue weighted by Crippen LogP contribution is -2.10. The second-order valence-corrected chi connectivity index (χ2v) is 17.6. The molecule has 2 heteroatoms. The van der Waals surface area contributed by atoms with Gasteiger partial charge in [-0.1, -0.05) is 212 Å². The van der Waals surface area contributed by atoms with Crippen LogP contribution < -0.4 is 4.90 Å². The first-order valence-electron chi connectivity index (χ1n) is 23.4. The molecule has 0 radical (unpaired) electrons. The van der Waals surface area contributed by atoms with Gasteiger partial charge in [-0.3, -0.25) is 0 Å². The lowest BCUT2D eigenvalue weighted by molar-refractivity contribution is 1.19. The molecule has 0 N–H and O–H groups in total. The van der Waals surface area contributed by atoms with Gasteiger partial charge >= 0.3 is 0 Å². The van der Waals surface area contributed by atoms with Crippen LogP contribution in [0, 0.1) is 0 Å². The van der Waals surface area contributed by atoms with Gasteiger partial charge in [0.2, 0.25) is 0 Å². The molecule has 12 aromatic carbocycles. The third-order valence-electron chi connectivity index (χ3n) is 13.7. The number of hydrogen-bond acceptors (Lipinski definition) is 1. The van der Waals surface area contributed by atoms with Gasteiger partial charge in [-0.15, -0.1) is 0 Å². The van der Waals surface area contributed by atoms with E-state index < -0.39 is 0 Å². The topological polar surface area (TPSA) is 8.17 Å². The lowest BCUT2D eigenvalue weighted by atomic mass is 9.84. The van der Waals surface area contributed by atoms with Crippen LogP contribution in [0.25, 0.3) is 104 Å². The molecule has 1 heterocycles. The summed E-state index contributed by atoms with van der Waals surface area (Å²) in [7, 11) is 0. The van der Waals surface area contributed by atoms with Crippen LogP contribution in [0.4, 0.5) is 17.1 Å². The van der Waals surface area contributed by atoms with E-state index >= 15 is 0 Å². The van der Waals surface area contributed by atoms with E-state index in [1.807, 2.05) is 0 Å². The fourth-order valence-corrected chi connectivity index (χ4v) is 10.6. The van der Waals surface area contributed by atoms with E-state index in [9.17, 15) is 0 Å². The van der Waals surface area contributed by atoms with Crippen molar-refractivity contribution in [3.63, 3.8) is 0 Å². The largest absolute Gasteiger partial charge is 0.310 e. The summed E-state index contributed by atoms with van der Waals surface area (Å²) in [5, 5.41) is 9.88. The zero-order valence-electron chi connectivity index (χ0n) is 37.3. The average Bonchev–Trinajstić information content (AvgIpc) is 3.74. The molecule has 0 saturated heterocycles. The zero-order valence-corrected chi connectivity index (χ0v) is 37.3. The minimum atomic E-state index is 1.08. The van der Waals surface area contributed by atoms with Gasteiger partial charge in [-0.05, 0) is 126 Å². The molecule has 0 bridgehead atoms. The Labute approximate surface area is 395 Å². The fourth-order valence-electron chi connectivity index (χ4n) is 10.6. The Balaban J connectivity index is 1.02. The Bertz CT molecular complexity index is 4000. The summed E-state index contributed by atoms with van der Waals surface area (Å²) >= 11 is 0. The van der Waals surface area contributed by atoms with E-state index in [0.29, 0.717) is 0 Å². The van der Waals surface area contributed by atoms with E-state index in [0.717, 1.165) is 33.7 Å². The van der Waals surface area contributed by atoms with Crippen molar-refractivity contribution in [1.29, 1.82) is 0 Å². The predicted molar refractivity (Wildman–Crippen MR) is 290 cm³/mol. The number of rotatable bonds is 8. The summed E-state index contributed by atoms with van der Waals surface area (Å²) in [4.78, 5) is 2.42. The van der Waals surface area contributed by atoms with Crippen LogP contribution in [-0.2, 0) is 0 Å². The second kappa shape index (κ2) is 16.5. The van der Waals surface area contributed by atoms with E-state index in [-0.39, 0.29) is 0 Å². The van der Waals surface area contributed by atoms with Crippen molar-refractivity contribution in [2.24, 2.45) is 0 Å². The number of anilines is 3. The minimum absolute atomic E-state index is 1.08. The van der Waals surface area contributed by atoms with Crippen molar-refractivity contribution >= 4 is 71.2 Å². The van der Waals surface area contributed by atoms with E-state index in [4.69, 9.17) is 0 Å². The van der Waals surface area contributed by atoms with Crippen molar-refractivity contribution in [3.8, 4) is 50.2 Å². The molecule has 0 atom stereocenters. The summed E-state index contributed by atoms with van der Waals surface area (Å²) < 4.78 is 2.45. The molecule has 2 nitrogen and oxygen atoms in total. The maximum atomic E-state index is 2.45. The van der Waals surface area contributed by atoms with Gasteiger partial charge < -0.3 is 9.47 Å². The summed E-state index contributed by atoms with van der Waals surface area (Å²) in [6, 6.07) is 97.6. The first-order valence-corrected chi connectivity index (χ1v) is 23.4. The summed E-state index contributed by atoms with van der Waals surface area (Å²) in [5.41, 5.74) is 16.4. The number of benzene rings is 12. The second-order valence-electron chi connectivity index (χ2n) is 17.6. The van der Waals surface area contributed by atoms with Crippen LogP contribution in [0.2, 0.25) is 0 Å². The molecule has 0 amide bonds. The first kappa shape index (κ1) is 39.4. The molecule has 0 saturated carbocycles. The number of para-hydroxylation sites is 1. The monoisotopic (exact) mass is 864 g/mol. The number of hydrogen-bond donors (Lipinski definition) is 0. The third-order valence-corrected chi connectivity index (χ3v) is 13.7. The zero-order chi connectivity index (χ0) is 45.0. The quantitative estimate of drug-likeness (QED) is 0.138. The predicted octanol–water partition coefficient (Wildman–Crippen LogP) is 18.4. The third kappa shape index (κ3) is 6.65. The highest BCUT2D eigenvalue weighted by Crippen LogP contribution is 2.47. The highest BCUT2D eigenvalue weighted by Gasteiger charge is 2.21. The van der Waals surface area contributed by atoms with Crippen molar-refractivity contribution < 1.29 is 0 Å². The van der Waals surface area contributed by atoms with E-state index in [1.165, 1.54) is 87.7 Å². The molecule has 1 aromatic heterocycles. The van der Waals surface area contributed by atoms with Crippen LogP contribution in [0.3, 0.4) is 0 Å². The molecule has 318 valence electrons. The molecular weight excluding hydrogens is 821 g/mol. The molecule has 68 heavy (non-hydrogen) atoms. The Morgan fingerprint density at radius 3 is 1.46 bits per heavy atom. The SMILES string of the molecule is c1ccc(-c2ccc(N(c3cccc(-c4ccc5c(c4)c(-c4ccccc4)c(-c4ccccc4)c4ccccc45)c3)c3ccc4c5ccccc5n(-c5cccc6ccccc56)c4c3)cc2)cc1. The van der Waals surface area contributed by atoms with Gasteiger partial charge in [0.25, 0.3) is 0 Å². The minimum Gasteiger partial charge on any atom is -0.310 e. The summed E-state index contributed by atoms with van der Waals surface area (Å²) in [6.45, 7) is 0. The van der Waals surface area contributed by atoms with E-state index in [2.05, 4.69) is 276 Å². The highest BCUT2D eigenvalue weighted by molar-refractivity contribution is 6.22. The highest BCUT2D eigenvalue weighted by atomic mass is 15.1. The van der Waals surface area contributed by atoms with Gasteiger partial charge in [-0.25, -0.2) is 0 Å². The molecule has 0 aliphatic rings. The molecule has 13 rings (SSSR count). The standard InChI is InChI=1S/C66H44N2/c1-4-18-45(19-5-1)46-34-37-52(38-35-46)67(54-39-41-59-58-30-14-15-32-63(58)68(64(59)44-54)62-33-17-25-47-20-10-11-28-55(47)62)53-27-16-26-50(42-53)51-36-40-57-56-29-12-13-31-60(56)65(48-21-6-2-7-22-48)66(61(57)43-51)49-23-8-3-9-24-49/h1-44H. The normalized spacial score (nSPS) is 11.5. The Hall–Kier alpha value is -8.98. The molecule has 0 aliphatic carbocycles. The van der Waals surface area contributed by atoms with Crippen LogP contribution in [-0.4, -0.2) is 4.57 Å².